The van der Waals surface area contributed by atoms with Crippen LogP contribution in [0.2, 0.25) is 5.02 Å². The highest BCUT2D eigenvalue weighted by Gasteiger charge is 2.31. The van der Waals surface area contributed by atoms with E-state index in [-0.39, 0.29) is 28.6 Å². The van der Waals surface area contributed by atoms with Crippen molar-refractivity contribution in [3.63, 3.8) is 0 Å². The molecule has 1 aliphatic rings. The summed E-state index contributed by atoms with van der Waals surface area (Å²) in [7, 11) is -2.41. The number of ether oxygens (including phenoxy) is 2. The van der Waals surface area contributed by atoms with Gasteiger partial charge in [-0.15, -0.1) is 0 Å². The van der Waals surface area contributed by atoms with Crippen LogP contribution in [0.4, 0.5) is 0 Å². The third-order valence-corrected chi connectivity index (χ3v) is 8.49. The van der Waals surface area contributed by atoms with Crippen LogP contribution in [0.5, 0.6) is 5.75 Å². The molecule has 10 heteroatoms. The zero-order valence-electron chi connectivity index (χ0n) is 20.4. The van der Waals surface area contributed by atoms with Gasteiger partial charge in [0, 0.05) is 19.6 Å². The Morgan fingerprint density at radius 1 is 1.05 bits per heavy atom. The largest absolute Gasteiger partial charge is 0.497 e. The van der Waals surface area contributed by atoms with Gasteiger partial charge in [0.25, 0.3) is 5.91 Å². The number of sulfonamides is 1. The molecular formula is C27H27ClN2O6S. The van der Waals surface area contributed by atoms with Gasteiger partial charge >= 0.3 is 5.97 Å². The molecule has 0 aromatic heterocycles. The predicted molar refractivity (Wildman–Crippen MR) is 139 cm³/mol. The zero-order valence-corrected chi connectivity index (χ0v) is 22.0. The molecule has 8 nitrogen and oxygen atoms in total. The Morgan fingerprint density at radius 2 is 1.76 bits per heavy atom. The SMILES string of the molecule is COc1ccc(CNC(=O)C(C)OC(=O)c2ccc(Cl)c(S(=O)(=O)N3CCc4ccccc4C3)c2)cc1. The number of rotatable bonds is 8. The van der Waals surface area contributed by atoms with Gasteiger partial charge in [0.15, 0.2) is 6.10 Å². The minimum absolute atomic E-state index is 0.000640. The normalized spacial score (nSPS) is 14.4. The van der Waals surface area contributed by atoms with E-state index in [1.54, 1.807) is 19.2 Å². The highest BCUT2D eigenvalue weighted by Crippen LogP contribution is 2.30. The summed E-state index contributed by atoms with van der Waals surface area (Å²) in [5.41, 5.74) is 2.87. The van der Waals surface area contributed by atoms with Gasteiger partial charge in [-0.25, -0.2) is 13.2 Å². The summed E-state index contributed by atoms with van der Waals surface area (Å²) in [4.78, 5) is 25.0. The van der Waals surface area contributed by atoms with Crippen molar-refractivity contribution in [1.82, 2.24) is 9.62 Å². The van der Waals surface area contributed by atoms with Gasteiger partial charge in [0.1, 0.15) is 10.6 Å². The summed E-state index contributed by atoms with van der Waals surface area (Å²) in [6.07, 6.45) is -0.516. The second kappa shape index (κ2) is 11.3. The van der Waals surface area contributed by atoms with E-state index in [0.29, 0.717) is 18.7 Å². The lowest BCUT2D eigenvalue weighted by molar-refractivity contribution is -0.129. The van der Waals surface area contributed by atoms with Gasteiger partial charge in [0.2, 0.25) is 10.0 Å². The van der Waals surface area contributed by atoms with E-state index in [1.165, 1.54) is 29.4 Å². The van der Waals surface area contributed by atoms with Crippen LogP contribution in [0, 0.1) is 0 Å². The van der Waals surface area contributed by atoms with Crippen LogP contribution in [-0.4, -0.2) is 44.4 Å². The van der Waals surface area contributed by atoms with Crippen LogP contribution in [-0.2, 0) is 39.1 Å². The maximum atomic E-state index is 13.4. The lowest BCUT2D eigenvalue weighted by Gasteiger charge is -2.28. The molecule has 1 heterocycles. The Hall–Kier alpha value is -3.40. The fourth-order valence-electron chi connectivity index (χ4n) is 4.00. The topological polar surface area (TPSA) is 102 Å². The lowest BCUT2D eigenvalue weighted by Crippen LogP contribution is -2.36. The smallest absolute Gasteiger partial charge is 0.338 e. The van der Waals surface area contributed by atoms with Gasteiger partial charge in [-0.05, 0) is 60.4 Å². The highest BCUT2D eigenvalue weighted by atomic mass is 35.5. The van der Waals surface area contributed by atoms with Crippen molar-refractivity contribution in [2.24, 2.45) is 0 Å². The molecule has 0 bridgehead atoms. The summed E-state index contributed by atoms with van der Waals surface area (Å²) in [5.74, 6) is -0.617. The molecule has 1 aliphatic heterocycles. The number of carbonyl (C=O) groups excluding carboxylic acids is 2. The number of benzene rings is 3. The lowest BCUT2D eigenvalue weighted by atomic mass is 10.0. The average molecular weight is 543 g/mol. The molecule has 3 aromatic carbocycles. The van der Waals surface area contributed by atoms with Crippen molar-refractivity contribution < 1.29 is 27.5 Å². The number of nitrogens with zero attached hydrogens (tertiary/aromatic N) is 1. The van der Waals surface area contributed by atoms with E-state index in [2.05, 4.69) is 5.32 Å². The van der Waals surface area contributed by atoms with Crippen LogP contribution in [0.25, 0.3) is 0 Å². The number of halogens is 1. The predicted octanol–water partition coefficient (Wildman–Crippen LogP) is 3.96. The van der Waals surface area contributed by atoms with Gasteiger partial charge in [-0.1, -0.05) is 48.0 Å². The Morgan fingerprint density at radius 3 is 2.46 bits per heavy atom. The molecule has 1 unspecified atom stereocenters. The standard InChI is InChI=1S/C27H27ClN2O6S/c1-18(26(31)29-16-19-7-10-23(35-2)11-8-19)36-27(32)21-9-12-24(28)25(15-21)37(33,34)30-14-13-20-5-3-4-6-22(20)17-30/h3-12,15,18H,13-14,16-17H2,1-2H3,(H,29,31). The summed E-state index contributed by atoms with van der Waals surface area (Å²) in [5, 5.41) is 2.71. The third-order valence-electron chi connectivity index (χ3n) is 6.16. The molecule has 0 aliphatic carbocycles. The summed E-state index contributed by atoms with van der Waals surface area (Å²) in [6.45, 7) is 2.21. The van der Waals surface area contributed by atoms with Crippen molar-refractivity contribution >= 4 is 33.5 Å². The van der Waals surface area contributed by atoms with E-state index in [4.69, 9.17) is 21.1 Å². The van der Waals surface area contributed by atoms with Crippen molar-refractivity contribution in [1.29, 1.82) is 0 Å². The molecular weight excluding hydrogens is 516 g/mol. The first-order valence-electron chi connectivity index (χ1n) is 11.7. The second-order valence-corrected chi connectivity index (χ2v) is 10.9. The number of amides is 1. The zero-order chi connectivity index (χ0) is 26.6. The number of hydrogen-bond donors (Lipinski definition) is 1. The van der Waals surface area contributed by atoms with E-state index in [0.717, 1.165) is 16.7 Å². The summed E-state index contributed by atoms with van der Waals surface area (Å²) < 4.78 is 38.6. The monoisotopic (exact) mass is 542 g/mol. The molecule has 194 valence electrons. The molecule has 0 fully saturated rings. The van der Waals surface area contributed by atoms with Crippen molar-refractivity contribution in [2.45, 2.75) is 37.4 Å². The Balaban J connectivity index is 1.42. The first-order valence-corrected chi connectivity index (χ1v) is 13.5. The van der Waals surface area contributed by atoms with Gasteiger partial charge in [-0.2, -0.15) is 4.31 Å². The average Bonchev–Trinajstić information content (AvgIpc) is 2.91. The molecule has 1 amide bonds. The quantitative estimate of drug-likeness (QED) is 0.432. The van der Waals surface area contributed by atoms with Crippen molar-refractivity contribution in [2.75, 3.05) is 13.7 Å². The third kappa shape index (κ3) is 6.12. The molecule has 4 rings (SSSR count). The minimum Gasteiger partial charge on any atom is -0.497 e. The summed E-state index contributed by atoms with van der Waals surface area (Å²) in [6, 6.07) is 18.8. The van der Waals surface area contributed by atoms with Crippen molar-refractivity contribution in [3.8, 4) is 5.75 Å². The van der Waals surface area contributed by atoms with Crippen LogP contribution in [0.3, 0.4) is 0 Å². The highest BCUT2D eigenvalue weighted by molar-refractivity contribution is 7.89. The van der Waals surface area contributed by atoms with E-state index < -0.39 is 28.0 Å². The molecule has 0 saturated heterocycles. The second-order valence-electron chi connectivity index (χ2n) is 8.62. The number of methoxy groups -OCH3 is 1. The Labute approximate surface area is 221 Å². The summed E-state index contributed by atoms with van der Waals surface area (Å²) >= 11 is 6.25. The number of esters is 1. The number of hydrogen-bond acceptors (Lipinski definition) is 6. The minimum atomic E-state index is -3.98. The first kappa shape index (κ1) is 26.7. The maximum Gasteiger partial charge on any atom is 0.338 e. The van der Waals surface area contributed by atoms with Crippen LogP contribution in [0.1, 0.15) is 34.0 Å². The maximum absolute atomic E-state index is 13.4. The molecule has 1 N–H and O–H groups in total. The van der Waals surface area contributed by atoms with Gasteiger partial charge < -0.3 is 14.8 Å². The fraction of sp³-hybridized carbons (Fsp3) is 0.259. The van der Waals surface area contributed by atoms with E-state index in [1.807, 2.05) is 36.4 Å². The fourth-order valence-corrected chi connectivity index (χ4v) is 5.92. The van der Waals surface area contributed by atoms with E-state index in [9.17, 15) is 18.0 Å². The molecule has 37 heavy (non-hydrogen) atoms. The first-order chi connectivity index (χ1) is 17.7. The molecule has 0 saturated carbocycles. The molecule has 0 radical (unpaired) electrons. The van der Waals surface area contributed by atoms with E-state index >= 15 is 0 Å². The molecule has 3 aromatic rings. The number of fused-ring (bicyclic) bond motifs is 1. The van der Waals surface area contributed by atoms with Crippen LogP contribution in [0.15, 0.2) is 71.6 Å². The van der Waals surface area contributed by atoms with Crippen LogP contribution >= 0.6 is 11.6 Å². The van der Waals surface area contributed by atoms with Gasteiger partial charge in [0.05, 0.1) is 17.7 Å². The Bertz CT molecular complexity index is 1410. The molecule has 1 atom stereocenters. The van der Waals surface area contributed by atoms with Gasteiger partial charge in [-0.3, -0.25) is 4.79 Å². The Kier molecular flexibility index (Phi) is 8.16. The number of nitrogens with one attached hydrogen (secondary N) is 1. The number of carbonyl (C=O) groups is 2. The van der Waals surface area contributed by atoms with Crippen molar-refractivity contribution in [3.05, 3.63) is 94.0 Å². The van der Waals surface area contributed by atoms with Crippen LogP contribution < -0.4 is 10.1 Å². The molecule has 0 spiro atoms.